The molecular weight excluding hydrogens is 441 g/mol. The van der Waals surface area contributed by atoms with Gasteiger partial charge in [-0.05, 0) is 13.0 Å². The lowest BCUT2D eigenvalue weighted by molar-refractivity contribution is -0.120. The van der Waals surface area contributed by atoms with Crippen LogP contribution in [-0.4, -0.2) is 46.5 Å². The highest BCUT2D eigenvalue weighted by molar-refractivity contribution is 6.33. The van der Waals surface area contributed by atoms with E-state index in [1.165, 1.54) is 17.3 Å². The SMILES string of the molecule is Cc1cccc(-c2nc(C(=O)N[C@H]3COc4cc(Cl)cnc4N(C)C3=O)ncc2Cl)c1. The molecule has 1 atom stereocenters. The van der Waals surface area contributed by atoms with Crippen LogP contribution >= 0.6 is 23.2 Å². The number of ether oxygens (including phenoxy) is 1. The van der Waals surface area contributed by atoms with Gasteiger partial charge in [0.2, 0.25) is 5.82 Å². The lowest BCUT2D eigenvalue weighted by Gasteiger charge is -2.19. The first kappa shape index (κ1) is 21.0. The van der Waals surface area contributed by atoms with Gasteiger partial charge in [-0.2, -0.15) is 0 Å². The first-order valence-corrected chi connectivity index (χ1v) is 10.1. The van der Waals surface area contributed by atoms with Crippen LogP contribution in [0.3, 0.4) is 0 Å². The van der Waals surface area contributed by atoms with Crippen LogP contribution in [0, 0.1) is 6.92 Å². The summed E-state index contributed by atoms with van der Waals surface area (Å²) in [5.41, 5.74) is 2.21. The number of aromatic nitrogens is 3. The minimum absolute atomic E-state index is 0.0950. The maximum absolute atomic E-state index is 12.8. The summed E-state index contributed by atoms with van der Waals surface area (Å²) >= 11 is 12.2. The molecule has 0 saturated carbocycles. The first-order chi connectivity index (χ1) is 14.8. The van der Waals surface area contributed by atoms with E-state index >= 15 is 0 Å². The summed E-state index contributed by atoms with van der Waals surface area (Å²) in [5, 5.41) is 3.32. The lowest BCUT2D eigenvalue weighted by atomic mass is 10.1. The van der Waals surface area contributed by atoms with Crippen LogP contribution in [0.4, 0.5) is 5.82 Å². The molecule has 3 heterocycles. The van der Waals surface area contributed by atoms with Crippen LogP contribution in [0.1, 0.15) is 16.2 Å². The standard InChI is InChI=1S/C21H17Cl2N5O3/c1-11-4-3-5-12(6-11)17-14(23)9-24-18(27-17)20(29)26-15-10-31-16-7-13(22)8-25-19(16)28(2)21(15)30/h3-9,15H,10H2,1-2H3,(H,26,29)/t15-/m0/s1. The monoisotopic (exact) mass is 457 g/mol. The normalized spacial score (nSPS) is 15.7. The van der Waals surface area contributed by atoms with Crippen molar-refractivity contribution in [2.75, 3.05) is 18.6 Å². The zero-order chi connectivity index (χ0) is 22.1. The number of likely N-dealkylation sites (N-methyl/N-ethyl adjacent to an activating group) is 1. The molecule has 0 fully saturated rings. The summed E-state index contributed by atoms with van der Waals surface area (Å²) in [6.07, 6.45) is 2.78. The highest BCUT2D eigenvalue weighted by atomic mass is 35.5. The van der Waals surface area contributed by atoms with Gasteiger partial charge in [0.25, 0.3) is 11.8 Å². The predicted molar refractivity (Wildman–Crippen MR) is 117 cm³/mol. The van der Waals surface area contributed by atoms with Crippen LogP contribution in [0.25, 0.3) is 11.3 Å². The van der Waals surface area contributed by atoms with Gasteiger partial charge in [-0.3, -0.25) is 14.5 Å². The highest BCUT2D eigenvalue weighted by Gasteiger charge is 2.32. The average molecular weight is 458 g/mol. The summed E-state index contributed by atoms with van der Waals surface area (Å²) in [4.78, 5) is 39.4. The van der Waals surface area contributed by atoms with Crippen molar-refractivity contribution >= 4 is 40.8 Å². The number of halogens is 2. The fourth-order valence-corrected chi connectivity index (χ4v) is 3.50. The van der Waals surface area contributed by atoms with Gasteiger partial charge in [0.15, 0.2) is 11.6 Å². The zero-order valence-corrected chi connectivity index (χ0v) is 18.1. The minimum atomic E-state index is -0.966. The molecule has 1 aliphatic rings. The van der Waals surface area contributed by atoms with Crippen molar-refractivity contribution in [3.8, 4) is 17.0 Å². The van der Waals surface area contributed by atoms with E-state index in [0.29, 0.717) is 27.3 Å². The molecule has 158 valence electrons. The number of anilines is 1. The molecule has 8 nitrogen and oxygen atoms in total. The second-order valence-corrected chi connectivity index (χ2v) is 7.81. The lowest BCUT2D eigenvalue weighted by Crippen LogP contribution is -2.49. The minimum Gasteiger partial charge on any atom is -0.487 e. The molecule has 0 radical (unpaired) electrons. The molecule has 1 aromatic carbocycles. The van der Waals surface area contributed by atoms with Gasteiger partial charge in [-0.15, -0.1) is 0 Å². The van der Waals surface area contributed by atoms with Gasteiger partial charge in [-0.1, -0.05) is 47.0 Å². The third-order valence-corrected chi connectivity index (χ3v) is 5.18. The Kier molecular flexibility index (Phi) is 5.75. The number of rotatable bonds is 3. The Morgan fingerprint density at radius 1 is 1.23 bits per heavy atom. The number of nitrogens with zero attached hydrogens (tertiary/aromatic N) is 4. The summed E-state index contributed by atoms with van der Waals surface area (Å²) in [5.74, 6) is -0.466. The van der Waals surface area contributed by atoms with Crippen LogP contribution in [0.5, 0.6) is 5.75 Å². The zero-order valence-electron chi connectivity index (χ0n) is 16.6. The topological polar surface area (TPSA) is 97.3 Å². The van der Waals surface area contributed by atoms with Crippen LogP contribution < -0.4 is 15.0 Å². The Morgan fingerprint density at radius 2 is 2.03 bits per heavy atom. The van der Waals surface area contributed by atoms with Gasteiger partial charge < -0.3 is 10.1 Å². The number of hydrogen-bond acceptors (Lipinski definition) is 6. The van der Waals surface area contributed by atoms with E-state index in [-0.39, 0.29) is 12.4 Å². The number of fused-ring (bicyclic) bond motifs is 1. The largest absolute Gasteiger partial charge is 0.487 e. The molecule has 4 rings (SSSR count). The van der Waals surface area contributed by atoms with Crippen LogP contribution in [0.2, 0.25) is 10.0 Å². The summed E-state index contributed by atoms with van der Waals surface area (Å²) < 4.78 is 5.66. The van der Waals surface area contributed by atoms with Crippen molar-refractivity contribution in [2.45, 2.75) is 13.0 Å². The molecule has 3 aromatic rings. The molecule has 0 spiro atoms. The first-order valence-electron chi connectivity index (χ1n) is 9.30. The maximum atomic E-state index is 12.8. The summed E-state index contributed by atoms with van der Waals surface area (Å²) in [6.45, 7) is 1.85. The van der Waals surface area contributed by atoms with E-state index in [2.05, 4.69) is 20.3 Å². The molecular formula is C21H17Cl2N5O3. The number of carbonyl (C=O) groups is 2. The van der Waals surface area contributed by atoms with Crippen molar-refractivity contribution in [1.82, 2.24) is 20.3 Å². The third-order valence-electron chi connectivity index (χ3n) is 4.70. The van der Waals surface area contributed by atoms with E-state index in [1.54, 1.807) is 13.1 Å². The number of nitrogens with one attached hydrogen (secondary N) is 1. The fourth-order valence-electron chi connectivity index (χ4n) is 3.15. The van der Waals surface area contributed by atoms with E-state index in [9.17, 15) is 9.59 Å². The van der Waals surface area contributed by atoms with Gasteiger partial charge in [0, 0.05) is 24.9 Å². The molecule has 0 bridgehead atoms. The van der Waals surface area contributed by atoms with Crippen LogP contribution in [-0.2, 0) is 4.79 Å². The van der Waals surface area contributed by atoms with Gasteiger partial charge in [0.05, 0.1) is 21.9 Å². The predicted octanol–water partition coefficient (Wildman–Crippen LogP) is 3.31. The van der Waals surface area contributed by atoms with Gasteiger partial charge in [-0.25, -0.2) is 15.0 Å². The van der Waals surface area contributed by atoms with Crippen molar-refractivity contribution in [3.05, 3.63) is 64.2 Å². The molecule has 0 saturated heterocycles. The average Bonchev–Trinajstić information content (AvgIpc) is 2.86. The second-order valence-electron chi connectivity index (χ2n) is 6.97. The van der Waals surface area contributed by atoms with Crippen molar-refractivity contribution in [2.24, 2.45) is 0 Å². The van der Waals surface area contributed by atoms with E-state index < -0.39 is 17.9 Å². The van der Waals surface area contributed by atoms with E-state index in [0.717, 1.165) is 11.1 Å². The summed E-state index contributed by atoms with van der Waals surface area (Å²) in [6, 6.07) is 8.17. The molecule has 2 amide bonds. The molecule has 10 heteroatoms. The molecule has 0 unspecified atom stereocenters. The second kappa shape index (κ2) is 8.49. The Bertz CT molecular complexity index is 1190. The molecule has 2 aromatic heterocycles. The van der Waals surface area contributed by atoms with Gasteiger partial charge in [0.1, 0.15) is 12.6 Å². The Labute approximate surface area is 188 Å². The van der Waals surface area contributed by atoms with Crippen molar-refractivity contribution in [1.29, 1.82) is 0 Å². The molecule has 0 aliphatic carbocycles. The quantitative estimate of drug-likeness (QED) is 0.647. The smallest absolute Gasteiger partial charge is 0.289 e. The number of amides is 2. The van der Waals surface area contributed by atoms with Crippen molar-refractivity contribution in [3.63, 3.8) is 0 Å². The highest BCUT2D eigenvalue weighted by Crippen LogP contribution is 2.30. The maximum Gasteiger partial charge on any atom is 0.289 e. The van der Waals surface area contributed by atoms with Gasteiger partial charge >= 0.3 is 0 Å². The Balaban J connectivity index is 1.57. The Morgan fingerprint density at radius 3 is 2.81 bits per heavy atom. The molecule has 1 aliphatic heterocycles. The number of aryl methyl sites for hydroxylation is 1. The number of pyridine rings is 1. The third kappa shape index (κ3) is 4.30. The number of carbonyl (C=O) groups excluding carboxylic acids is 2. The molecule has 31 heavy (non-hydrogen) atoms. The van der Waals surface area contributed by atoms with Crippen molar-refractivity contribution < 1.29 is 14.3 Å². The fraction of sp³-hybridized carbons (Fsp3) is 0.190. The Hall–Kier alpha value is -3.23. The number of benzene rings is 1. The van der Waals surface area contributed by atoms with Crippen LogP contribution in [0.15, 0.2) is 42.7 Å². The summed E-state index contributed by atoms with van der Waals surface area (Å²) in [7, 11) is 1.55. The van der Waals surface area contributed by atoms with E-state index in [4.69, 9.17) is 27.9 Å². The van der Waals surface area contributed by atoms with E-state index in [1.807, 2.05) is 31.2 Å². The number of hydrogen-bond donors (Lipinski definition) is 1. The molecule has 1 N–H and O–H groups in total.